The highest BCUT2D eigenvalue weighted by Gasteiger charge is 2.23. The third kappa shape index (κ3) is 2.96. The Bertz CT molecular complexity index is 786. The van der Waals surface area contributed by atoms with Crippen LogP contribution in [-0.4, -0.2) is 30.4 Å². The van der Waals surface area contributed by atoms with Crippen LogP contribution in [0, 0.1) is 0 Å². The molecule has 2 aromatic rings. The van der Waals surface area contributed by atoms with Gasteiger partial charge in [-0.1, -0.05) is 6.07 Å². The molecule has 3 rings (SSSR count). The SMILES string of the molecule is COc1cccc(C=Nc2ccc3c(c2)NC(=O)[C@@H](C)O3)c1O. The van der Waals surface area contributed by atoms with E-state index in [0.29, 0.717) is 28.4 Å². The molecule has 6 nitrogen and oxygen atoms in total. The number of ether oxygens (including phenoxy) is 2. The number of carbonyl (C=O) groups excluding carboxylic acids is 1. The highest BCUT2D eigenvalue weighted by atomic mass is 16.5. The second-order valence-electron chi connectivity index (χ2n) is 5.09. The van der Waals surface area contributed by atoms with Crippen LogP contribution in [0.25, 0.3) is 0 Å². The minimum absolute atomic E-state index is 0.0298. The van der Waals surface area contributed by atoms with Gasteiger partial charge in [-0.05, 0) is 37.3 Å². The summed E-state index contributed by atoms with van der Waals surface area (Å²) in [4.78, 5) is 16.0. The fraction of sp³-hybridized carbons (Fsp3) is 0.176. The third-order valence-corrected chi connectivity index (χ3v) is 3.50. The first-order valence-electron chi connectivity index (χ1n) is 7.10. The van der Waals surface area contributed by atoms with Crippen LogP contribution in [-0.2, 0) is 4.79 Å². The number of nitrogens with zero attached hydrogens (tertiary/aromatic N) is 1. The summed E-state index contributed by atoms with van der Waals surface area (Å²) in [5.41, 5.74) is 1.75. The molecule has 1 aliphatic heterocycles. The van der Waals surface area contributed by atoms with E-state index in [1.54, 1.807) is 43.3 Å². The summed E-state index contributed by atoms with van der Waals surface area (Å²) >= 11 is 0. The van der Waals surface area contributed by atoms with Gasteiger partial charge in [-0.3, -0.25) is 9.79 Å². The lowest BCUT2D eigenvalue weighted by Gasteiger charge is -2.23. The second kappa shape index (κ2) is 6.00. The zero-order chi connectivity index (χ0) is 16.4. The Morgan fingerprint density at radius 3 is 2.96 bits per heavy atom. The van der Waals surface area contributed by atoms with Gasteiger partial charge in [0.25, 0.3) is 5.91 Å². The van der Waals surface area contributed by atoms with E-state index in [4.69, 9.17) is 9.47 Å². The van der Waals surface area contributed by atoms with Crippen molar-refractivity contribution in [1.82, 2.24) is 0 Å². The predicted octanol–water partition coefficient (Wildman–Crippen LogP) is 2.87. The number of phenols is 1. The van der Waals surface area contributed by atoms with Crippen LogP contribution in [0.5, 0.6) is 17.2 Å². The number of aromatic hydroxyl groups is 1. The number of anilines is 1. The first kappa shape index (κ1) is 14.9. The maximum absolute atomic E-state index is 11.6. The first-order chi connectivity index (χ1) is 11.1. The summed E-state index contributed by atoms with van der Waals surface area (Å²) in [7, 11) is 1.49. The molecule has 118 valence electrons. The number of hydrogen-bond acceptors (Lipinski definition) is 5. The number of para-hydroxylation sites is 1. The van der Waals surface area contributed by atoms with Gasteiger partial charge in [-0.2, -0.15) is 0 Å². The van der Waals surface area contributed by atoms with E-state index in [-0.39, 0.29) is 11.7 Å². The Hall–Kier alpha value is -3.02. The Morgan fingerprint density at radius 2 is 2.17 bits per heavy atom. The van der Waals surface area contributed by atoms with Gasteiger partial charge < -0.3 is 19.9 Å². The summed E-state index contributed by atoms with van der Waals surface area (Å²) in [6, 6.07) is 10.4. The maximum atomic E-state index is 11.6. The van der Waals surface area contributed by atoms with E-state index in [1.165, 1.54) is 13.3 Å². The molecule has 0 aromatic heterocycles. The lowest BCUT2D eigenvalue weighted by Crippen LogP contribution is -2.34. The van der Waals surface area contributed by atoms with Crippen LogP contribution >= 0.6 is 0 Å². The topological polar surface area (TPSA) is 80.2 Å². The number of hydrogen-bond donors (Lipinski definition) is 2. The summed E-state index contributed by atoms with van der Waals surface area (Å²) < 4.78 is 10.5. The molecule has 0 fully saturated rings. The minimum Gasteiger partial charge on any atom is -0.504 e. The molecule has 1 aliphatic rings. The molecular formula is C17H16N2O4. The molecule has 0 unspecified atom stereocenters. The number of aliphatic imine (C=N–C) groups is 1. The molecule has 0 aliphatic carbocycles. The molecule has 2 N–H and O–H groups in total. The number of fused-ring (bicyclic) bond motifs is 1. The van der Waals surface area contributed by atoms with Gasteiger partial charge in [0.05, 0.1) is 18.5 Å². The average Bonchev–Trinajstić information content (AvgIpc) is 2.55. The highest BCUT2D eigenvalue weighted by molar-refractivity contribution is 5.98. The smallest absolute Gasteiger partial charge is 0.265 e. The van der Waals surface area contributed by atoms with E-state index < -0.39 is 6.10 Å². The zero-order valence-corrected chi connectivity index (χ0v) is 12.7. The van der Waals surface area contributed by atoms with Crippen molar-refractivity contribution in [3.05, 3.63) is 42.0 Å². The number of rotatable bonds is 3. The molecule has 1 amide bonds. The molecule has 6 heteroatoms. The Balaban J connectivity index is 1.87. The van der Waals surface area contributed by atoms with Gasteiger partial charge in [0.15, 0.2) is 17.6 Å². The van der Waals surface area contributed by atoms with Crippen molar-refractivity contribution in [3.8, 4) is 17.2 Å². The zero-order valence-electron chi connectivity index (χ0n) is 12.7. The summed E-state index contributed by atoms with van der Waals surface area (Å²) in [5.74, 6) is 0.834. The van der Waals surface area contributed by atoms with Crippen LogP contribution in [0.4, 0.5) is 11.4 Å². The van der Waals surface area contributed by atoms with Gasteiger partial charge in [-0.25, -0.2) is 0 Å². The molecule has 0 radical (unpaired) electrons. The van der Waals surface area contributed by atoms with Crippen molar-refractivity contribution < 1.29 is 19.4 Å². The predicted molar refractivity (Wildman–Crippen MR) is 87.1 cm³/mol. The van der Waals surface area contributed by atoms with Gasteiger partial charge in [0.2, 0.25) is 0 Å². The third-order valence-electron chi connectivity index (χ3n) is 3.50. The van der Waals surface area contributed by atoms with Gasteiger partial charge in [0, 0.05) is 11.8 Å². The standard InChI is InChI=1S/C17H16N2O4/c1-10-17(21)19-13-8-12(6-7-14(13)23-10)18-9-11-4-3-5-15(22-2)16(11)20/h3-10,20H,1-2H3,(H,19,21)/t10-/m1/s1. The summed E-state index contributed by atoms with van der Waals surface area (Å²) in [6.07, 6.45) is 1.03. The Labute approximate surface area is 133 Å². The fourth-order valence-electron chi connectivity index (χ4n) is 2.23. The molecule has 1 heterocycles. The van der Waals surface area contributed by atoms with Crippen molar-refractivity contribution in [1.29, 1.82) is 0 Å². The maximum Gasteiger partial charge on any atom is 0.265 e. The van der Waals surface area contributed by atoms with Gasteiger partial charge in [0.1, 0.15) is 5.75 Å². The van der Waals surface area contributed by atoms with Crippen molar-refractivity contribution in [2.45, 2.75) is 13.0 Å². The number of nitrogens with one attached hydrogen (secondary N) is 1. The van der Waals surface area contributed by atoms with Gasteiger partial charge >= 0.3 is 0 Å². The van der Waals surface area contributed by atoms with Crippen LogP contribution in [0.3, 0.4) is 0 Å². The number of methoxy groups -OCH3 is 1. The lowest BCUT2D eigenvalue weighted by atomic mass is 10.2. The Morgan fingerprint density at radius 1 is 1.35 bits per heavy atom. The first-order valence-corrected chi connectivity index (χ1v) is 7.10. The van der Waals surface area contributed by atoms with Crippen molar-refractivity contribution in [2.75, 3.05) is 12.4 Å². The van der Waals surface area contributed by atoms with Crippen LogP contribution in [0.15, 0.2) is 41.4 Å². The van der Waals surface area contributed by atoms with Crippen molar-refractivity contribution in [3.63, 3.8) is 0 Å². The summed E-state index contributed by atoms with van der Waals surface area (Å²) in [5, 5.41) is 12.8. The molecule has 0 saturated heterocycles. The van der Waals surface area contributed by atoms with E-state index in [2.05, 4.69) is 10.3 Å². The van der Waals surface area contributed by atoms with Crippen molar-refractivity contribution in [2.24, 2.45) is 4.99 Å². The minimum atomic E-state index is -0.509. The van der Waals surface area contributed by atoms with E-state index in [0.717, 1.165) is 0 Å². The largest absolute Gasteiger partial charge is 0.504 e. The normalized spacial score (nSPS) is 16.6. The van der Waals surface area contributed by atoms with E-state index >= 15 is 0 Å². The molecular weight excluding hydrogens is 296 g/mol. The molecule has 23 heavy (non-hydrogen) atoms. The number of carbonyl (C=O) groups is 1. The van der Waals surface area contributed by atoms with E-state index in [1.807, 2.05) is 0 Å². The molecule has 2 aromatic carbocycles. The molecule has 1 atom stereocenters. The molecule has 0 saturated carbocycles. The molecule has 0 spiro atoms. The lowest BCUT2D eigenvalue weighted by molar-refractivity contribution is -0.122. The van der Waals surface area contributed by atoms with Gasteiger partial charge in [-0.15, -0.1) is 0 Å². The Kier molecular flexibility index (Phi) is 3.89. The van der Waals surface area contributed by atoms with Crippen LogP contribution in [0.1, 0.15) is 12.5 Å². The fourth-order valence-corrected chi connectivity index (χ4v) is 2.23. The second-order valence-corrected chi connectivity index (χ2v) is 5.09. The number of amides is 1. The monoisotopic (exact) mass is 312 g/mol. The van der Waals surface area contributed by atoms with E-state index in [9.17, 15) is 9.90 Å². The number of benzene rings is 2. The van der Waals surface area contributed by atoms with Crippen LogP contribution in [0.2, 0.25) is 0 Å². The molecule has 0 bridgehead atoms. The highest BCUT2D eigenvalue weighted by Crippen LogP contribution is 2.33. The quantitative estimate of drug-likeness (QED) is 0.854. The average molecular weight is 312 g/mol. The van der Waals surface area contributed by atoms with Crippen LogP contribution < -0.4 is 14.8 Å². The number of phenolic OH excluding ortho intramolecular Hbond substituents is 1. The van der Waals surface area contributed by atoms with Crippen molar-refractivity contribution >= 4 is 23.5 Å². The summed E-state index contributed by atoms with van der Waals surface area (Å²) in [6.45, 7) is 1.69.